The minimum absolute atomic E-state index is 0.0986. The number of amides is 3. The van der Waals surface area contributed by atoms with Gasteiger partial charge in [-0.1, -0.05) is 23.5 Å². The average molecular weight is 465 g/mol. The Hall–Kier alpha value is -3.46. The molecule has 0 unspecified atom stereocenters. The van der Waals surface area contributed by atoms with E-state index in [1.54, 1.807) is 35.6 Å². The number of fused-ring (bicyclic) bond motifs is 1. The summed E-state index contributed by atoms with van der Waals surface area (Å²) in [6, 6.07) is 12.7. The van der Waals surface area contributed by atoms with E-state index in [0.29, 0.717) is 44.0 Å². The molecule has 8 nitrogen and oxygen atoms in total. The maximum absolute atomic E-state index is 13.1. The fourth-order valence-electron chi connectivity index (χ4n) is 4.24. The van der Waals surface area contributed by atoms with E-state index < -0.39 is 0 Å². The summed E-state index contributed by atoms with van der Waals surface area (Å²) in [5.41, 5.74) is 1.82. The number of anilines is 2. The minimum atomic E-state index is -0.221. The van der Waals surface area contributed by atoms with Crippen LogP contribution in [0.15, 0.2) is 42.5 Å². The molecule has 0 aliphatic carbocycles. The van der Waals surface area contributed by atoms with Gasteiger partial charge in [0.25, 0.3) is 5.91 Å². The summed E-state index contributed by atoms with van der Waals surface area (Å²) in [6.07, 6.45) is 0.438. The molecule has 3 heterocycles. The quantitative estimate of drug-likeness (QED) is 0.539. The van der Waals surface area contributed by atoms with Crippen molar-refractivity contribution in [3.63, 3.8) is 0 Å². The van der Waals surface area contributed by atoms with E-state index in [-0.39, 0.29) is 30.6 Å². The molecule has 170 valence electrons. The lowest BCUT2D eigenvalue weighted by Crippen LogP contribution is -2.48. The topological polar surface area (TPSA) is 83.0 Å². The minimum Gasteiger partial charge on any atom is -0.492 e. The summed E-state index contributed by atoms with van der Waals surface area (Å²) in [6.45, 7) is 5.04. The second kappa shape index (κ2) is 8.82. The number of carbonyl (C=O) groups is 3. The summed E-state index contributed by atoms with van der Waals surface area (Å²) >= 11 is 1.63. The van der Waals surface area contributed by atoms with Crippen molar-refractivity contribution in [1.82, 2.24) is 9.88 Å². The molecular formula is C24H24N4O4S. The molecule has 9 heteroatoms. The fourth-order valence-corrected chi connectivity index (χ4v) is 5.28. The first-order valence-electron chi connectivity index (χ1n) is 11.1. The van der Waals surface area contributed by atoms with Crippen molar-refractivity contribution in [3.8, 4) is 5.75 Å². The van der Waals surface area contributed by atoms with Crippen molar-refractivity contribution >= 4 is 50.1 Å². The Kier molecular flexibility index (Phi) is 5.72. The Bertz CT molecular complexity index is 1220. The predicted octanol–water partition coefficient (Wildman–Crippen LogP) is 3.31. The number of thiazole rings is 1. The van der Waals surface area contributed by atoms with Crippen LogP contribution in [0.1, 0.15) is 30.1 Å². The molecule has 0 saturated carbocycles. The van der Waals surface area contributed by atoms with Crippen LogP contribution in [0.3, 0.4) is 0 Å². The maximum Gasteiger partial charge on any atom is 0.254 e. The molecule has 2 aliphatic heterocycles. The molecule has 33 heavy (non-hydrogen) atoms. The van der Waals surface area contributed by atoms with Crippen LogP contribution in [0.4, 0.5) is 10.8 Å². The molecule has 0 radical (unpaired) electrons. The van der Waals surface area contributed by atoms with Crippen LogP contribution in [0.25, 0.3) is 10.2 Å². The first-order valence-corrected chi connectivity index (χ1v) is 11.9. The van der Waals surface area contributed by atoms with Crippen molar-refractivity contribution in [3.05, 3.63) is 48.0 Å². The van der Waals surface area contributed by atoms with Gasteiger partial charge in [-0.25, -0.2) is 4.98 Å². The third-order valence-corrected chi connectivity index (χ3v) is 6.99. The monoisotopic (exact) mass is 464 g/mol. The molecule has 2 fully saturated rings. The summed E-state index contributed by atoms with van der Waals surface area (Å²) in [5.74, 6) is 0.253. The number of carbonyl (C=O) groups excluding carboxylic acids is 3. The molecule has 0 N–H and O–H groups in total. The number of hydrogen-bond acceptors (Lipinski definition) is 7. The van der Waals surface area contributed by atoms with Gasteiger partial charge in [0.05, 0.1) is 17.0 Å². The average Bonchev–Trinajstić information content (AvgIpc) is 3.42. The van der Waals surface area contributed by atoms with E-state index in [1.165, 1.54) is 4.90 Å². The zero-order valence-corrected chi connectivity index (χ0v) is 19.1. The molecule has 2 saturated heterocycles. The number of piperazine rings is 1. The van der Waals surface area contributed by atoms with E-state index in [4.69, 9.17) is 9.72 Å². The number of rotatable bonds is 5. The fraction of sp³-hybridized carbons (Fsp3) is 0.333. The van der Waals surface area contributed by atoms with Crippen molar-refractivity contribution in [2.45, 2.75) is 19.8 Å². The van der Waals surface area contributed by atoms with Gasteiger partial charge >= 0.3 is 0 Å². The van der Waals surface area contributed by atoms with Gasteiger partial charge in [0.1, 0.15) is 11.3 Å². The first kappa shape index (κ1) is 21.4. The number of ether oxygens (including phenoxy) is 1. The molecule has 2 aromatic carbocycles. The van der Waals surface area contributed by atoms with Gasteiger partial charge in [-0.05, 0) is 37.3 Å². The van der Waals surface area contributed by atoms with E-state index in [9.17, 15) is 14.4 Å². The van der Waals surface area contributed by atoms with E-state index in [0.717, 1.165) is 21.1 Å². The van der Waals surface area contributed by atoms with Gasteiger partial charge in [0, 0.05) is 44.6 Å². The predicted molar refractivity (Wildman–Crippen MR) is 127 cm³/mol. The van der Waals surface area contributed by atoms with Crippen molar-refractivity contribution in [1.29, 1.82) is 0 Å². The van der Waals surface area contributed by atoms with Crippen LogP contribution in [-0.4, -0.2) is 60.4 Å². The Morgan fingerprint density at radius 2 is 1.76 bits per heavy atom. The molecule has 2 aliphatic rings. The van der Waals surface area contributed by atoms with E-state index >= 15 is 0 Å². The van der Waals surface area contributed by atoms with Crippen molar-refractivity contribution in [2.24, 2.45) is 0 Å². The van der Waals surface area contributed by atoms with Gasteiger partial charge in [-0.15, -0.1) is 0 Å². The van der Waals surface area contributed by atoms with Crippen molar-refractivity contribution in [2.75, 3.05) is 42.6 Å². The summed E-state index contributed by atoms with van der Waals surface area (Å²) < 4.78 is 6.79. The summed E-state index contributed by atoms with van der Waals surface area (Å²) in [5, 5.41) is 0.928. The Labute approximate surface area is 195 Å². The highest BCUT2D eigenvalue weighted by atomic mass is 32.1. The van der Waals surface area contributed by atoms with Gasteiger partial charge < -0.3 is 14.5 Å². The molecule has 3 amide bonds. The van der Waals surface area contributed by atoms with Crippen LogP contribution >= 0.6 is 11.3 Å². The van der Waals surface area contributed by atoms with E-state index in [2.05, 4.69) is 4.90 Å². The second-order valence-corrected chi connectivity index (χ2v) is 8.99. The second-order valence-electron chi connectivity index (χ2n) is 7.98. The molecule has 0 bridgehead atoms. The largest absolute Gasteiger partial charge is 0.492 e. The van der Waals surface area contributed by atoms with Gasteiger partial charge in [-0.3, -0.25) is 19.3 Å². The lowest BCUT2D eigenvalue weighted by molar-refractivity contribution is -0.121. The highest BCUT2D eigenvalue weighted by Crippen LogP contribution is 2.34. The molecule has 3 aromatic rings. The molecular weight excluding hydrogens is 440 g/mol. The number of imide groups is 1. The lowest BCUT2D eigenvalue weighted by Gasteiger charge is -2.34. The molecule has 5 rings (SSSR count). The van der Waals surface area contributed by atoms with E-state index in [1.807, 2.05) is 30.0 Å². The van der Waals surface area contributed by atoms with Gasteiger partial charge in [-0.2, -0.15) is 0 Å². The van der Waals surface area contributed by atoms with Crippen LogP contribution in [0.5, 0.6) is 5.75 Å². The zero-order chi connectivity index (χ0) is 22.9. The van der Waals surface area contributed by atoms with Crippen LogP contribution < -0.4 is 14.5 Å². The molecule has 0 spiro atoms. The van der Waals surface area contributed by atoms with Gasteiger partial charge in [0.15, 0.2) is 5.13 Å². The summed E-state index contributed by atoms with van der Waals surface area (Å²) in [4.78, 5) is 47.2. The number of aromatic nitrogens is 1. The Balaban J connectivity index is 1.28. The smallest absolute Gasteiger partial charge is 0.254 e. The van der Waals surface area contributed by atoms with Crippen LogP contribution in [0.2, 0.25) is 0 Å². The third-order valence-electron chi connectivity index (χ3n) is 5.91. The number of nitrogens with zero attached hydrogens (tertiary/aromatic N) is 4. The van der Waals surface area contributed by atoms with Crippen LogP contribution in [0, 0.1) is 0 Å². The third kappa shape index (κ3) is 4.04. The first-order chi connectivity index (χ1) is 16.0. The van der Waals surface area contributed by atoms with Gasteiger partial charge in [0.2, 0.25) is 11.8 Å². The lowest BCUT2D eigenvalue weighted by atomic mass is 10.1. The number of benzene rings is 2. The number of para-hydroxylation sites is 1. The number of hydrogen-bond donors (Lipinski definition) is 0. The molecule has 0 atom stereocenters. The summed E-state index contributed by atoms with van der Waals surface area (Å²) in [7, 11) is 0. The molecule has 1 aromatic heterocycles. The van der Waals surface area contributed by atoms with Crippen molar-refractivity contribution < 1.29 is 19.1 Å². The Morgan fingerprint density at radius 3 is 2.48 bits per heavy atom. The van der Waals surface area contributed by atoms with Crippen LogP contribution in [-0.2, 0) is 9.59 Å². The highest BCUT2D eigenvalue weighted by Gasteiger charge is 2.31. The standard InChI is InChI=1S/C24H24N4O4S/c1-2-32-18-7-4-8-19-22(18)25-24(33-19)27-13-11-26(12-14-27)23(31)16-5-3-6-17(15-16)28-20(29)9-10-21(28)30/h3-8,15H,2,9-14H2,1H3. The Morgan fingerprint density at radius 1 is 1.03 bits per heavy atom. The highest BCUT2D eigenvalue weighted by molar-refractivity contribution is 7.22. The zero-order valence-electron chi connectivity index (χ0n) is 18.3. The SMILES string of the molecule is CCOc1cccc2sc(N3CCN(C(=O)c4cccc(N5C(=O)CCC5=O)c4)CC3)nc12. The normalized spacial score (nSPS) is 16.7. The maximum atomic E-state index is 13.1.